The van der Waals surface area contributed by atoms with Crippen LogP contribution in [0.3, 0.4) is 0 Å². The molecule has 0 aliphatic heterocycles. The maximum atomic E-state index is 11.5. The van der Waals surface area contributed by atoms with Crippen LogP contribution in [0.1, 0.15) is 13.3 Å². The SMILES string of the molecule is CCCn1c(-c2ccc(Cl)cc2Cl)nnc1S(N)(=O)=O. The monoisotopic (exact) mass is 334 g/mol. The Morgan fingerprint density at radius 2 is 2.00 bits per heavy atom. The third-order valence-corrected chi connectivity index (χ3v) is 3.95. The highest BCUT2D eigenvalue weighted by Crippen LogP contribution is 2.30. The first-order chi connectivity index (χ1) is 9.34. The molecule has 0 saturated carbocycles. The molecule has 9 heteroatoms. The molecule has 0 amide bonds. The largest absolute Gasteiger partial charge is 0.297 e. The number of hydrogen-bond acceptors (Lipinski definition) is 4. The lowest BCUT2D eigenvalue weighted by Crippen LogP contribution is -2.19. The molecule has 1 heterocycles. The summed E-state index contributed by atoms with van der Waals surface area (Å²) in [5, 5.41) is 13.2. The van der Waals surface area contributed by atoms with Gasteiger partial charge in [-0.25, -0.2) is 13.6 Å². The first-order valence-electron chi connectivity index (χ1n) is 5.76. The van der Waals surface area contributed by atoms with E-state index in [1.165, 1.54) is 4.57 Å². The fourth-order valence-corrected chi connectivity index (χ4v) is 2.93. The molecule has 20 heavy (non-hydrogen) atoms. The molecule has 108 valence electrons. The van der Waals surface area contributed by atoms with Crippen LogP contribution in [0.15, 0.2) is 23.4 Å². The van der Waals surface area contributed by atoms with E-state index in [9.17, 15) is 8.42 Å². The van der Waals surface area contributed by atoms with Crippen LogP contribution in [0.2, 0.25) is 10.0 Å². The summed E-state index contributed by atoms with van der Waals surface area (Å²) in [6.45, 7) is 2.31. The summed E-state index contributed by atoms with van der Waals surface area (Å²) in [6.07, 6.45) is 0.693. The first-order valence-corrected chi connectivity index (χ1v) is 8.06. The van der Waals surface area contributed by atoms with Gasteiger partial charge in [0.1, 0.15) is 0 Å². The van der Waals surface area contributed by atoms with Crippen molar-refractivity contribution in [2.45, 2.75) is 25.0 Å². The number of benzene rings is 1. The molecule has 1 aromatic carbocycles. The number of rotatable bonds is 4. The van der Waals surface area contributed by atoms with Crippen molar-refractivity contribution in [2.24, 2.45) is 5.14 Å². The molecule has 2 N–H and O–H groups in total. The van der Waals surface area contributed by atoms with Crippen molar-refractivity contribution in [3.63, 3.8) is 0 Å². The van der Waals surface area contributed by atoms with Crippen molar-refractivity contribution in [2.75, 3.05) is 0 Å². The van der Waals surface area contributed by atoms with E-state index in [2.05, 4.69) is 10.2 Å². The normalized spacial score (nSPS) is 11.8. The lowest BCUT2D eigenvalue weighted by molar-refractivity contribution is 0.559. The molecule has 2 rings (SSSR count). The minimum absolute atomic E-state index is 0.277. The van der Waals surface area contributed by atoms with E-state index < -0.39 is 10.0 Å². The zero-order chi connectivity index (χ0) is 14.9. The van der Waals surface area contributed by atoms with E-state index in [4.69, 9.17) is 28.3 Å². The molecule has 0 bridgehead atoms. The van der Waals surface area contributed by atoms with Crippen molar-refractivity contribution in [3.05, 3.63) is 28.2 Å². The van der Waals surface area contributed by atoms with Crippen LogP contribution in [-0.2, 0) is 16.6 Å². The molecule has 0 fully saturated rings. The Labute approximate surface area is 126 Å². The van der Waals surface area contributed by atoms with Crippen LogP contribution in [0, 0.1) is 0 Å². The van der Waals surface area contributed by atoms with Gasteiger partial charge >= 0.3 is 0 Å². The second kappa shape index (κ2) is 5.69. The first kappa shape index (κ1) is 15.2. The summed E-state index contributed by atoms with van der Waals surface area (Å²) in [5.41, 5.74) is 0.548. The van der Waals surface area contributed by atoms with Crippen LogP contribution in [0.5, 0.6) is 0 Å². The topological polar surface area (TPSA) is 90.9 Å². The number of nitrogens with zero attached hydrogens (tertiary/aromatic N) is 3. The van der Waals surface area contributed by atoms with Crippen molar-refractivity contribution in [1.82, 2.24) is 14.8 Å². The van der Waals surface area contributed by atoms with Crippen molar-refractivity contribution in [3.8, 4) is 11.4 Å². The Morgan fingerprint density at radius 1 is 1.30 bits per heavy atom. The Kier molecular flexibility index (Phi) is 4.33. The van der Waals surface area contributed by atoms with Gasteiger partial charge in [-0.2, -0.15) is 0 Å². The Bertz CT molecular complexity index is 743. The van der Waals surface area contributed by atoms with Gasteiger partial charge in [-0.05, 0) is 24.6 Å². The van der Waals surface area contributed by atoms with Gasteiger partial charge in [0.05, 0.1) is 5.02 Å². The predicted molar refractivity (Wildman–Crippen MR) is 77.1 cm³/mol. The van der Waals surface area contributed by atoms with Gasteiger partial charge in [0, 0.05) is 17.1 Å². The fourth-order valence-electron chi connectivity index (χ4n) is 1.79. The maximum absolute atomic E-state index is 11.5. The van der Waals surface area contributed by atoms with Gasteiger partial charge in [0.25, 0.3) is 15.2 Å². The van der Waals surface area contributed by atoms with Crippen LogP contribution < -0.4 is 5.14 Å². The molecule has 0 radical (unpaired) electrons. The third kappa shape index (κ3) is 2.95. The van der Waals surface area contributed by atoms with Crippen LogP contribution >= 0.6 is 23.2 Å². The Balaban J connectivity index is 2.66. The fraction of sp³-hybridized carbons (Fsp3) is 0.273. The molecule has 6 nitrogen and oxygen atoms in total. The second-order valence-corrected chi connectivity index (χ2v) is 6.43. The van der Waals surface area contributed by atoms with Gasteiger partial charge in [0.2, 0.25) is 0 Å². The summed E-state index contributed by atoms with van der Waals surface area (Å²) < 4.78 is 24.5. The number of aromatic nitrogens is 3. The highest BCUT2D eigenvalue weighted by Gasteiger charge is 2.22. The van der Waals surface area contributed by atoms with Crippen LogP contribution in [-0.4, -0.2) is 23.2 Å². The third-order valence-electron chi connectivity index (χ3n) is 2.59. The van der Waals surface area contributed by atoms with E-state index in [1.54, 1.807) is 18.2 Å². The predicted octanol–water partition coefficient (Wildman–Crippen LogP) is 2.31. The summed E-state index contributed by atoms with van der Waals surface area (Å²) in [6, 6.07) is 4.86. The quantitative estimate of drug-likeness (QED) is 0.928. The Morgan fingerprint density at radius 3 is 2.55 bits per heavy atom. The highest BCUT2D eigenvalue weighted by atomic mass is 35.5. The second-order valence-electron chi connectivity index (χ2n) is 4.13. The zero-order valence-electron chi connectivity index (χ0n) is 10.5. The molecule has 0 unspecified atom stereocenters. The number of hydrogen-bond donors (Lipinski definition) is 1. The van der Waals surface area contributed by atoms with E-state index in [0.29, 0.717) is 34.4 Å². The van der Waals surface area contributed by atoms with Gasteiger partial charge in [-0.1, -0.05) is 30.1 Å². The van der Waals surface area contributed by atoms with Gasteiger partial charge in [-0.3, -0.25) is 4.57 Å². The molecule has 0 aliphatic carbocycles. The molecule has 0 atom stereocenters. The minimum Gasteiger partial charge on any atom is -0.297 e. The van der Waals surface area contributed by atoms with E-state index in [0.717, 1.165) is 0 Å². The van der Waals surface area contributed by atoms with Crippen molar-refractivity contribution in [1.29, 1.82) is 0 Å². The Hall–Kier alpha value is -1.15. The summed E-state index contributed by atoms with van der Waals surface area (Å²) in [4.78, 5) is 0. The van der Waals surface area contributed by atoms with Gasteiger partial charge in [0.15, 0.2) is 5.82 Å². The van der Waals surface area contributed by atoms with Crippen molar-refractivity contribution >= 4 is 33.2 Å². The molecular formula is C11H12Cl2N4O2S. The standard InChI is InChI=1S/C11H12Cl2N4O2S/c1-2-5-17-10(15-16-11(17)20(14,18)19)8-4-3-7(12)6-9(8)13/h3-4,6H,2,5H2,1H3,(H2,14,18,19). The average Bonchev–Trinajstić information content (AvgIpc) is 2.73. The van der Waals surface area contributed by atoms with E-state index in [1.807, 2.05) is 6.92 Å². The molecule has 1 aromatic heterocycles. The van der Waals surface area contributed by atoms with E-state index in [-0.39, 0.29) is 5.16 Å². The summed E-state index contributed by atoms with van der Waals surface area (Å²) >= 11 is 12.0. The number of halogens is 2. The maximum Gasteiger partial charge on any atom is 0.273 e. The highest BCUT2D eigenvalue weighted by molar-refractivity contribution is 7.89. The van der Waals surface area contributed by atoms with Crippen LogP contribution in [0.4, 0.5) is 0 Å². The number of nitrogens with two attached hydrogens (primary N) is 1. The smallest absolute Gasteiger partial charge is 0.273 e. The lowest BCUT2D eigenvalue weighted by Gasteiger charge is -2.09. The summed E-state index contributed by atoms with van der Waals surface area (Å²) in [7, 11) is -3.94. The van der Waals surface area contributed by atoms with Crippen LogP contribution in [0.25, 0.3) is 11.4 Å². The molecular weight excluding hydrogens is 323 g/mol. The van der Waals surface area contributed by atoms with Crippen molar-refractivity contribution < 1.29 is 8.42 Å². The molecule has 0 saturated heterocycles. The average molecular weight is 335 g/mol. The minimum atomic E-state index is -3.94. The van der Waals surface area contributed by atoms with Gasteiger partial charge < -0.3 is 0 Å². The molecule has 0 aliphatic rings. The summed E-state index contributed by atoms with van der Waals surface area (Å²) in [5.74, 6) is 0.345. The van der Waals surface area contributed by atoms with Gasteiger partial charge in [-0.15, -0.1) is 10.2 Å². The number of sulfonamides is 1. The molecule has 2 aromatic rings. The lowest BCUT2D eigenvalue weighted by atomic mass is 10.2. The van der Waals surface area contributed by atoms with E-state index >= 15 is 0 Å². The number of primary sulfonamides is 1. The molecule has 0 spiro atoms. The zero-order valence-corrected chi connectivity index (χ0v) is 12.9.